The maximum atomic E-state index is 3.16. The van der Waals surface area contributed by atoms with E-state index in [9.17, 15) is 0 Å². The molecular formula is C9H24N2. The van der Waals surface area contributed by atoms with Gasteiger partial charge in [0.15, 0.2) is 0 Å². The molecule has 70 valence electrons. The first kappa shape index (κ1) is 13.5. The van der Waals surface area contributed by atoms with Crippen molar-refractivity contribution in [1.29, 1.82) is 0 Å². The zero-order valence-corrected chi connectivity index (χ0v) is 6.19. The van der Waals surface area contributed by atoms with Crippen molar-refractivity contribution in [3.8, 4) is 0 Å². The molecule has 0 spiro atoms. The Hall–Kier alpha value is -0.0800. The molecule has 0 bridgehead atoms. The maximum Gasteiger partial charge on any atom is 0.0477 e. The van der Waals surface area contributed by atoms with E-state index in [0.29, 0.717) is 0 Å². The summed E-state index contributed by atoms with van der Waals surface area (Å²) in [5.41, 5.74) is 0. The van der Waals surface area contributed by atoms with Crippen molar-refractivity contribution < 1.29 is 0 Å². The van der Waals surface area contributed by atoms with Gasteiger partial charge in [-0.25, -0.2) is 0 Å². The summed E-state index contributed by atoms with van der Waals surface area (Å²) in [6, 6.07) is 0. The van der Waals surface area contributed by atoms with Gasteiger partial charge in [0, 0.05) is 6.67 Å². The Balaban J connectivity index is 0. The Kier molecular flexibility index (Phi) is 9.85. The van der Waals surface area contributed by atoms with Crippen LogP contribution >= 0.6 is 0 Å². The summed E-state index contributed by atoms with van der Waals surface area (Å²) in [6.45, 7) is 3.65. The SMILES string of the molecule is C.C.CNCN1CCCCC1. The topological polar surface area (TPSA) is 15.3 Å². The molecule has 1 N–H and O–H groups in total. The van der Waals surface area contributed by atoms with Gasteiger partial charge in [-0.3, -0.25) is 4.90 Å². The summed E-state index contributed by atoms with van der Waals surface area (Å²) in [5, 5.41) is 3.16. The van der Waals surface area contributed by atoms with E-state index >= 15 is 0 Å². The van der Waals surface area contributed by atoms with Crippen LogP contribution in [0.2, 0.25) is 0 Å². The van der Waals surface area contributed by atoms with E-state index in [1.54, 1.807) is 0 Å². The van der Waals surface area contributed by atoms with Gasteiger partial charge < -0.3 is 5.32 Å². The van der Waals surface area contributed by atoms with E-state index in [4.69, 9.17) is 0 Å². The number of nitrogens with zero attached hydrogens (tertiary/aromatic N) is 1. The van der Waals surface area contributed by atoms with Crippen LogP contribution in [0.5, 0.6) is 0 Å². The lowest BCUT2D eigenvalue weighted by Crippen LogP contribution is -2.36. The largest absolute Gasteiger partial charge is 0.307 e. The average molecular weight is 160 g/mol. The highest BCUT2D eigenvalue weighted by Crippen LogP contribution is 2.06. The summed E-state index contributed by atoms with van der Waals surface area (Å²) in [7, 11) is 2.01. The number of hydrogen-bond donors (Lipinski definition) is 1. The van der Waals surface area contributed by atoms with Crippen molar-refractivity contribution in [1.82, 2.24) is 10.2 Å². The van der Waals surface area contributed by atoms with E-state index in [1.807, 2.05) is 7.05 Å². The van der Waals surface area contributed by atoms with Crippen LogP contribution in [0.3, 0.4) is 0 Å². The summed E-state index contributed by atoms with van der Waals surface area (Å²) >= 11 is 0. The molecule has 0 unspecified atom stereocenters. The van der Waals surface area contributed by atoms with Gasteiger partial charge in [0.1, 0.15) is 0 Å². The fourth-order valence-corrected chi connectivity index (χ4v) is 1.34. The van der Waals surface area contributed by atoms with Crippen LogP contribution < -0.4 is 5.32 Å². The smallest absolute Gasteiger partial charge is 0.0477 e. The van der Waals surface area contributed by atoms with Crippen LogP contribution in [0.1, 0.15) is 34.1 Å². The van der Waals surface area contributed by atoms with Crippen molar-refractivity contribution >= 4 is 0 Å². The molecule has 0 radical (unpaired) electrons. The van der Waals surface area contributed by atoms with Crippen molar-refractivity contribution in [2.75, 3.05) is 26.8 Å². The highest BCUT2D eigenvalue weighted by Gasteiger charge is 2.06. The molecule has 0 aromatic rings. The third-order valence-corrected chi connectivity index (χ3v) is 1.83. The monoisotopic (exact) mass is 160 g/mol. The number of nitrogens with one attached hydrogen (secondary N) is 1. The van der Waals surface area contributed by atoms with E-state index in [1.165, 1.54) is 32.4 Å². The minimum Gasteiger partial charge on any atom is -0.307 e. The van der Waals surface area contributed by atoms with Gasteiger partial charge in [0.25, 0.3) is 0 Å². The van der Waals surface area contributed by atoms with Crippen molar-refractivity contribution in [2.24, 2.45) is 0 Å². The van der Waals surface area contributed by atoms with Crippen LogP contribution in [0.4, 0.5) is 0 Å². The number of likely N-dealkylation sites (tertiary alicyclic amines) is 1. The normalized spacial score (nSPS) is 18.3. The molecular weight excluding hydrogens is 136 g/mol. The Labute approximate surface area is 72.0 Å². The molecule has 0 saturated carbocycles. The summed E-state index contributed by atoms with van der Waals surface area (Å²) < 4.78 is 0. The lowest BCUT2D eigenvalue weighted by atomic mass is 10.1. The second-order valence-corrected chi connectivity index (χ2v) is 2.69. The molecule has 1 aliphatic heterocycles. The number of hydrogen-bond acceptors (Lipinski definition) is 2. The van der Waals surface area contributed by atoms with Gasteiger partial charge in [-0.2, -0.15) is 0 Å². The van der Waals surface area contributed by atoms with Crippen LogP contribution in [-0.4, -0.2) is 31.7 Å². The van der Waals surface area contributed by atoms with Crippen molar-refractivity contribution in [3.05, 3.63) is 0 Å². The van der Waals surface area contributed by atoms with Gasteiger partial charge in [-0.15, -0.1) is 0 Å². The zero-order chi connectivity index (χ0) is 6.53. The average Bonchev–Trinajstić information content (AvgIpc) is 1.91. The van der Waals surface area contributed by atoms with E-state index in [0.717, 1.165) is 6.67 Å². The van der Waals surface area contributed by atoms with Crippen LogP contribution in [0.25, 0.3) is 0 Å². The zero-order valence-electron chi connectivity index (χ0n) is 6.19. The standard InChI is InChI=1S/C7H16N2.2CH4/c1-8-7-9-5-3-2-4-6-9;;/h8H,2-7H2,1H3;2*1H4. The van der Waals surface area contributed by atoms with E-state index in [-0.39, 0.29) is 14.9 Å². The van der Waals surface area contributed by atoms with Gasteiger partial charge in [-0.05, 0) is 33.0 Å². The minimum absolute atomic E-state index is 0. The number of piperidine rings is 1. The molecule has 11 heavy (non-hydrogen) atoms. The van der Waals surface area contributed by atoms with Crippen LogP contribution in [-0.2, 0) is 0 Å². The molecule has 0 aliphatic carbocycles. The predicted octanol–water partition coefficient (Wildman–Crippen LogP) is 1.92. The molecule has 1 fully saturated rings. The minimum atomic E-state index is 0. The second-order valence-electron chi connectivity index (χ2n) is 2.69. The fourth-order valence-electron chi connectivity index (χ4n) is 1.34. The molecule has 1 rings (SSSR count). The lowest BCUT2D eigenvalue weighted by molar-refractivity contribution is 0.218. The Morgan fingerprint density at radius 3 is 2.09 bits per heavy atom. The molecule has 2 heteroatoms. The lowest BCUT2D eigenvalue weighted by Gasteiger charge is -2.25. The Bertz CT molecular complexity index is 65.2. The molecule has 1 aliphatic rings. The number of rotatable bonds is 2. The molecule has 0 aromatic carbocycles. The van der Waals surface area contributed by atoms with Gasteiger partial charge in [0.2, 0.25) is 0 Å². The van der Waals surface area contributed by atoms with Crippen LogP contribution in [0, 0.1) is 0 Å². The first-order chi connectivity index (χ1) is 4.43. The van der Waals surface area contributed by atoms with Gasteiger partial charge in [0.05, 0.1) is 0 Å². The molecule has 0 atom stereocenters. The predicted molar refractivity (Wildman–Crippen MR) is 52.8 cm³/mol. The van der Waals surface area contributed by atoms with E-state index < -0.39 is 0 Å². The maximum absolute atomic E-state index is 3.16. The first-order valence-corrected chi connectivity index (χ1v) is 3.80. The molecule has 0 amide bonds. The fraction of sp³-hybridized carbons (Fsp3) is 1.00. The summed E-state index contributed by atoms with van der Waals surface area (Å²) in [5.74, 6) is 0. The second kappa shape index (κ2) is 8.02. The van der Waals surface area contributed by atoms with Gasteiger partial charge >= 0.3 is 0 Å². The van der Waals surface area contributed by atoms with Gasteiger partial charge in [-0.1, -0.05) is 21.3 Å². The highest BCUT2D eigenvalue weighted by molar-refractivity contribution is 4.61. The van der Waals surface area contributed by atoms with E-state index in [2.05, 4.69) is 10.2 Å². The third-order valence-electron chi connectivity index (χ3n) is 1.83. The van der Waals surface area contributed by atoms with Crippen molar-refractivity contribution in [3.63, 3.8) is 0 Å². The molecule has 2 nitrogen and oxygen atoms in total. The Morgan fingerprint density at radius 2 is 1.64 bits per heavy atom. The quantitative estimate of drug-likeness (QED) is 0.664. The first-order valence-electron chi connectivity index (χ1n) is 3.80. The molecule has 1 saturated heterocycles. The Morgan fingerprint density at radius 1 is 1.09 bits per heavy atom. The molecule has 0 aromatic heterocycles. The summed E-state index contributed by atoms with van der Waals surface area (Å²) in [6.07, 6.45) is 4.21. The summed E-state index contributed by atoms with van der Waals surface area (Å²) in [4.78, 5) is 2.46. The third kappa shape index (κ3) is 5.22. The van der Waals surface area contributed by atoms with Crippen molar-refractivity contribution in [2.45, 2.75) is 34.1 Å². The van der Waals surface area contributed by atoms with Crippen LogP contribution in [0.15, 0.2) is 0 Å². The molecule has 1 heterocycles. The highest BCUT2D eigenvalue weighted by atomic mass is 15.2.